The molecule has 1 fully saturated rings. The molecule has 4 rings (SSSR count). The summed E-state index contributed by atoms with van der Waals surface area (Å²) in [4.78, 5) is 16.0. The SMILES string of the molecule is C[C@@](O)(CN1CCN(c2ccc(C(N)=O)cc2Cl)C(c2ccc(Cl)cc2)C1)c1ccc(C#N)cc1. The molecule has 0 aliphatic carbocycles. The molecule has 0 aromatic heterocycles. The second-order valence-electron chi connectivity index (χ2n) is 8.99. The predicted octanol–water partition coefficient (Wildman–Crippen LogP) is 4.73. The zero-order chi connectivity index (χ0) is 25.2. The number of halogens is 2. The molecule has 1 aliphatic rings. The molecule has 0 radical (unpaired) electrons. The second kappa shape index (κ2) is 10.3. The van der Waals surface area contributed by atoms with Crippen LogP contribution in [0.15, 0.2) is 66.7 Å². The summed E-state index contributed by atoms with van der Waals surface area (Å²) in [5.41, 5.74) is 7.87. The van der Waals surface area contributed by atoms with Crippen molar-refractivity contribution in [3.63, 3.8) is 0 Å². The van der Waals surface area contributed by atoms with Crippen molar-refractivity contribution in [1.29, 1.82) is 5.26 Å². The zero-order valence-electron chi connectivity index (χ0n) is 19.3. The maximum atomic E-state index is 11.6. The van der Waals surface area contributed by atoms with E-state index in [9.17, 15) is 9.90 Å². The smallest absolute Gasteiger partial charge is 0.248 e. The molecule has 3 N–H and O–H groups in total. The molecule has 3 aromatic rings. The van der Waals surface area contributed by atoms with Crippen molar-refractivity contribution in [3.05, 3.63) is 99.0 Å². The van der Waals surface area contributed by atoms with Crippen LogP contribution in [0.5, 0.6) is 0 Å². The van der Waals surface area contributed by atoms with Crippen LogP contribution in [0, 0.1) is 11.3 Å². The van der Waals surface area contributed by atoms with Crippen molar-refractivity contribution in [1.82, 2.24) is 4.90 Å². The summed E-state index contributed by atoms with van der Waals surface area (Å²) in [6.45, 7) is 4.21. The van der Waals surface area contributed by atoms with Crippen molar-refractivity contribution < 1.29 is 9.90 Å². The topological polar surface area (TPSA) is 93.6 Å². The lowest BCUT2D eigenvalue weighted by Crippen LogP contribution is -2.52. The van der Waals surface area contributed by atoms with Crippen molar-refractivity contribution in [3.8, 4) is 6.07 Å². The molecule has 180 valence electrons. The normalized spacial score (nSPS) is 18.0. The van der Waals surface area contributed by atoms with Crippen molar-refractivity contribution in [2.75, 3.05) is 31.1 Å². The lowest BCUT2D eigenvalue weighted by atomic mass is 9.93. The average molecular weight is 509 g/mol. The number of nitrogens with two attached hydrogens (primary N) is 1. The number of nitrogens with zero attached hydrogens (tertiary/aromatic N) is 3. The zero-order valence-corrected chi connectivity index (χ0v) is 20.8. The van der Waals surface area contributed by atoms with E-state index in [4.69, 9.17) is 34.2 Å². The van der Waals surface area contributed by atoms with Gasteiger partial charge in [0.15, 0.2) is 0 Å². The number of piperazine rings is 1. The highest BCUT2D eigenvalue weighted by Crippen LogP contribution is 2.37. The fourth-order valence-corrected chi connectivity index (χ4v) is 4.98. The molecule has 1 unspecified atom stereocenters. The van der Waals surface area contributed by atoms with Crippen LogP contribution >= 0.6 is 23.2 Å². The number of hydrogen-bond donors (Lipinski definition) is 2. The highest BCUT2D eigenvalue weighted by atomic mass is 35.5. The van der Waals surface area contributed by atoms with Crippen LogP contribution in [-0.2, 0) is 5.60 Å². The van der Waals surface area contributed by atoms with Gasteiger partial charge in [0.05, 0.1) is 34.0 Å². The van der Waals surface area contributed by atoms with Crippen molar-refractivity contribution in [2.24, 2.45) is 5.73 Å². The molecule has 1 amide bonds. The quantitative estimate of drug-likeness (QED) is 0.501. The Labute approximate surface area is 215 Å². The van der Waals surface area contributed by atoms with Crippen LogP contribution in [0.4, 0.5) is 5.69 Å². The third-order valence-corrected chi connectivity index (χ3v) is 6.98. The molecule has 1 saturated heterocycles. The number of hydrogen-bond acceptors (Lipinski definition) is 5. The van der Waals surface area contributed by atoms with E-state index in [2.05, 4.69) is 15.9 Å². The van der Waals surface area contributed by atoms with E-state index in [0.29, 0.717) is 47.4 Å². The van der Waals surface area contributed by atoms with E-state index in [1.807, 2.05) is 30.3 Å². The molecule has 0 spiro atoms. The van der Waals surface area contributed by atoms with Crippen LogP contribution in [0.1, 0.15) is 40.0 Å². The lowest BCUT2D eigenvalue weighted by molar-refractivity contribution is 0.0103. The lowest BCUT2D eigenvalue weighted by Gasteiger charge is -2.45. The Morgan fingerprint density at radius 1 is 1.11 bits per heavy atom. The molecule has 3 aromatic carbocycles. The minimum Gasteiger partial charge on any atom is -0.384 e. The van der Waals surface area contributed by atoms with Gasteiger partial charge in [0.25, 0.3) is 0 Å². The molecule has 1 aliphatic heterocycles. The minimum absolute atomic E-state index is 0.0605. The Balaban J connectivity index is 1.61. The second-order valence-corrected chi connectivity index (χ2v) is 9.83. The number of aliphatic hydroxyl groups is 1. The monoisotopic (exact) mass is 508 g/mol. The molecular weight excluding hydrogens is 483 g/mol. The first-order valence-corrected chi connectivity index (χ1v) is 12.0. The van der Waals surface area contributed by atoms with Crippen molar-refractivity contribution in [2.45, 2.75) is 18.6 Å². The highest BCUT2D eigenvalue weighted by molar-refractivity contribution is 6.33. The van der Waals surface area contributed by atoms with E-state index in [1.165, 1.54) is 0 Å². The maximum absolute atomic E-state index is 11.6. The maximum Gasteiger partial charge on any atom is 0.248 e. The first-order valence-electron chi connectivity index (χ1n) is 11.2. The van der Waals surface area contributed by atoms with E-state index in [-0.39, 0.29) is 6.04 Å². The largest absolute Gasteiger partial charge is 0.384 e. The number of amides is 1. The molecule has 1 heterocycles. The number of β-amino-alcohol motifs (C(OH)–C–C–N with tert-alkyl or cyclic N) is 1. The van der Waals surface area contributed by atoms with Crippen LogP contribution in [0.25, 0.3) is 0 Å². The molecule has 0 bridgehead atoms. The molecule has 6 nitrogen and oxygen atoms in total. The van der Waals surface area contributed by atoms with Gasteiger partial charge in [0, 0.05) is 36.8 Å². The Morgan fingerprint density at radius 2 is 1.80 bits per heavy atom. The average Bonchev–Trinajstić information content (AvgIpc) is 2.84. The van der Waals surface area contributed by atoms with Gasteiger partial charge in [-0.3, -0.25) is 9.69 Å². The molecule has 2 atom stereocenters. The first-order chi connectivity index (χ1) is 16.7. The Hall–Kier alpha value is -3.08. The Kier molecular flexibility index (Phi) is 7.34. The number of rotatable bonds is 6. The highest BCUT2D eigenvalue weighted by Gasteiger charge is 2.34. The third kappa shape index (κ3) is 5.61. The summed E-state index contributed by atoms with van der Waals surface area (Å²) in [6.07, 6.45) is 0. The fraction of sp³-hybridized carbons (Fsp3) is 0.259. The van der Waals surface area contributed by atoms with Gasteiger partial charge in [-0.1, -0.05) is 47.5 Å². The summed E-state index contributed by atoms with van der Waals surface area (Å²) in [7, 11) is 0. The van der Waals surface area contributed by atoms with Crippen LogP contribution in [0.2, 0.25) is 10.0 Å². The standard InChI is InChI=1S/C27H26Cl2N4O2/c1-27(35,21-7-2-18(15-30)3-8-21)17-32-12-13-33(24-11-6-20(26(31)34)14-23(24)29)25(16-32)19-4-9-22(28)10-5-19/h2-11,14,25,35H,12-13,16-17H2,1H3,(H2,31,34)/t25?,27-/m1/s1. The van der Waals surface area contributed by atoms with Crippen LogP contribution in [0.3, 0.4) is 0 Å². The summed E-state index contributed by atoms with van der Waals surface area (Å²) < 4.78 is 0. The Bertz CT molecular complexity index is 1250. The van der Waals surface area contributed by atoms with Gasteiger partial charge in [-0.15, -0.1) is 0 Å². The number of carbonyl (C=O) groups excluding carboxylic acids is 1. The number of primary amides is 1. The van der Waals surface area contributed by atoms with E-state index >= 15 is 0 Å². The number of benzene rings is 3. The molecule has 0 saturated carbocycles. The van der Waals surface area contributed by atoms with Gasteiger partial charge in [0.2, 0.25) is 5.91 Å². The first kappa shape index (κ1) is 25.0. The molecular formula is C27H26Cl2N4O2. The number of carbonyl (C=O) groups is 1. The van der Waals surface area contributed by atoms with Gasteiger partial charge < -0.3 is 15.7 Å². The predicted molar refractivity (Wildman–Crippen MR) is 139 cm³/mol. The summed E-state index contributed by atoms with van der Waals surface area (Å²) in [5, 5.41) is 21.5. The van der Waals surface area contributed by atoms with Crippen LogP contribution < -0.4 is 10.6 Å². The summed E-state index contributed by atoms with van der Waals surface area (Å²) in [5.74, 6) is -0.525. The van der Waals surface area contributed by atoms with E-state index in [1.54, 1.807) is 43.3 Å². The molecule has 35 heavy (non-hydrogen) atoms. The van der Waals surface area contributed by atoms with Gasteiger partial charge >= 0.3 is 0 Å². The van der Waals surface area contributed by atoms with E-state index < -0.39 is 11.5 Å². The van der Waals surface area contributed by atoms with Gasteiger partial charge in [-0.2, -0.15) is 5.26 Å². The fourth-order valence-electron chi connectivity index (χ4n) is 4.57. The third-order valence-electron chi connectivity index (χ3n) is 6.43. The summed E-state index contributed by atoms with van der Waals surface area (Å²) in [6, 6.07) is 21.9. The van der Waals surface area contributed by atoms with Gasteiger partial charge in [0.1, 0.15) is 0 Å². The number of nitriles is 1. The van der Waals surface area contributed by atoms with Crippen LogP contribution in [-0.4, -0.2) is 42.1 Å². The van der Waals surface area contributed by atoms with Gasteiger partial charge in [-0.05, 0) is 60.5 Å². The number of anilines is 1. The summed E-state index contributed by atoms with van der Waals surface area (Å²) >= 11 is 12.7. The minimum atomic E-state index is -1.10. The Morgan fingerprint density at radius 3 is 2.40 bits per heavy atom. The van der Waals surface area contributed by atoms with Crippen molar-refractivity contribution >= 4 is 34.8 Å². The van der Waals surface area contributed by atoms with Gasteiger partial charge in [-0.25, -0.2) is 0 Å². The molecule has 8 heteroatoms. The van der Waals surface area contributed by atoms with E-state index in [0.717, 1.165) is 16.8 Å².